The first-order chi connectivity index (χ1) is 12.1. The van der Waals surface area contributed by atoms with Crippen LogP contribution in [0.2, 0.25) is 0 Å². The van der Waals surface area contributed by atoms with Crippen molar-refractivity contribution in [2.45, 2.75) is 78.0 Å². The van der Waals surface area contributed by atoms with E-state index in [9.17, 15) is 0 Å². The number of aromatic nitrogens is 1. The van der Waals surface area contributed by atoms with Crippen LogP contribution in [0.25, 0.3) is 0 Å². The Hall–Kier alpha value is -1.14. The molecule has 1 spiro atoms. The molecule has 0 bridgehead atoms. The summed E-state index contributed by atoms with van der Waals surface area (Å²) in [5.41, 5.74) is 1.43. The molecule has 2 unspecified atom stereocenters. The van der Waals surface area contributed by atoms with E-state index in [0.29, 0.717) is 17.6 Å². The van der Waals surface area contributed by atoms with Crippen molar-refractivity contribution in [3.63, 3.8) is 0 Å². The second kappa shape index (κ2) is 8.04. The average molecular weight is 365 g/mol. The number of ether oxygens (including phenoxy) is 1. The van der Waals surface area contributed by atoms with Crippen LogP contribution >= 0.6 is 11.3 Å². The molecule has 2 atom stereocenters. The zero-order chi connectivity index (χ0) is 17.9. The summed E-state index contributed by atoms with van der Waals surface area (Å²) in [5, 5.41) is 8.24. The Bertz CT molecular complexity index is 587. The SMILES string of the molecule is CCOC1CC(NC(=NC)NCc2nc(C)c(C)s2)C12CCCCC2. The van der Waals surface area contributed by atoms with Crippen LogP contribution in [0.5, 0.6) is 0 Å². The highest BCUT2D eigenvalue weighted by atomic mass is 32.1. The Labute approximate surface area is 155 Å². The molecule has 0 radical (unpaired) electrons. The number of thiazole rings is 1. The van der Waals surface area contributed by atoms with Crippen molar-refractivity contribution in [2.75, 3.05) is 13.7 Å². The minimum Gasteiger partial charge on any atom is -0.378 e. The lowest BCUT2D eigenvalue weighted by molar-refractivity contribution is -0.145. The quantitative estimate of drug-likeness (QED) is 0.620. The number of nitrogens with one attached hydrogen (secondary N) is 2. The molecule has 2 fully saturated rings. The number of hydrogen-bond donors (Lipinski definition) is 2. The average Bonchev–Trinajstić information content (AvgIpc) is 2.95. The van der Waals surface area contributed by atoms with E-state index in [0.717, 1.165) is 36.2 Å². The molecule has 140 valence electrons. The molecule has 1 aromatic rings. The van der Waals surface area contributed by atoms with Crippen molar-refractivity contribution >= 4 is 17.3 Å². The molecule has 2 aliphatic carbocycles. The van der Waals surface area contributed by atoms with Crippen LogP contribution in [0.15, 0.2) is 4.99 Å². The largest absolute Gasteiger partial charge is 0.378 e. The number of guanidine groups is 1. The Morgan fingerprint density at radius 3 is 2.68 bits per heavy atom. The summed E-state index contributed by atoms with van der Waals surface area (Å²) >= 11 is 1.76. The maximum atomic E-state index is 6.05. The molecule has 3 rings (SSSR count). The number of aliphatic imine (C=N–C) groups is 1. The molecular weight excluding hydrogens is 332 g/mol. The monoisotopic (exact) mass is 364 g/mol. The van der Waals surface area contributed by atoms with Gasteiger partial charge in [0.1, 0.15) is 5.01 Å². The molecule has 2 aliphatic rings. The Morgan fingerprint density at radius 1 is 1.32 bits per heavy atom. The molecule has 2 N–H and O–H groups in total. The fraction of sp³-hybridized carbons (Fsp3) is 0.789. The van der Waals surface area contributed by atoms with E-state index in [4.69, 9.17) is 4.74 Å². The van der Waals surface area contributed by atoms with E-state index in [1.165, 1.54) is 37.0 Å². The molecule has 0 saturated heterocycles. The lowest BCUT2D eigenvalue weighted by Crippen LogP contribution is -2.66. The summed E-state index contributed by atoms with van der Waals surface area (Å²) in [6.07, 6.45) is 8.07. The van der Waals surface area contributed by atoms with Gasteiger partial charge in [0.2, 0.25) is 0 Å². The fourth-order valence-electron chi connectivity index (χ4n) is 4.40. The Balaban J connectivity index is 1.59. The zero-order valence-corrected chi connectivity index (χ0v) is 16.8. The van der Waals surface area contributed by atoms with E-state index in [1.54, 1.807) is 11.3 Å². The van der Waals surface area contributed by atoms with Crippen molar-refractivity contribution in [3.8, 4) is 0 Å². The lowest BCUT2D eigenvalue weighted by Gasteiger charge is -2.57. The van der Waals surface area contributed by atoms with Gasteiger partial charge in [-0.15, -0.1) is 11.3 Å². The van der Waals surface area contributed by atoms with Crippen LogP contribution in [0.1, 0.15) is 61.0 Å². The first-order valence-corrected chi connectivity index (χ1v) is 10.4. The molecule has 1 aromatic heterocycles. The Kier molecular flexibility index (Phi) is 6.00. The first-order valence-electron chi connectivity index (χ1n) is 9.60. The highest BCUT2D eigenvalue weighted by Gasteiger charge is 2.55. The van der Waals surface area contributed by atoms with Crippen molar-refractivity contribution < 1.29 is 4.74 Å². The summed E-state index contributed by atoms with van der Waals surface area (Å²) in [5.74, 6) is 0.885. The molecular formula is C19H32N4OS. The third-order valence-corrected chi connectivity index (χ3v) is 7.02. The minimum absolute atomic E-state index is 0.306. The van der Waals surface area contributed by atoms with Gasteiger partial charge in [0.15, 0.2) is 5.96 Å². The van der Waals surface area contributed by atoms with Gasteiger partial charge in [0, 0.05) is 30.0 Å². The topological polar surface area (TPSA) is 58.5 Å². The first kappa shape index (κ1) is 18.6. The summed E-state index contributed by atoms with van der Waals surface area (Å²) < 4.78 is 6.05. The molecule has 6 heteroatoms. The van der Waals surface area contributed by atoms with Gasteiger partial charge in [-0.1, -0.05) is 19.3 Å². The van der Waals surface area contributed by atoms with Crippen LogP contribution in [-0.4, -0.2) is 36.7 Å². The van der Waals surface area contributed by atoms with Crippen molar-refractivity contribution in [1.29, 1.82) is 0 Å². The van der Waals surface area contributed by atoms with Gasteiger partial charge in [-0.05, 0) is 40.0 Å². The van der Waals surface area contributed by atoms with Crippen molar-refractivity contribution in [2.24, 2.45) is 10.4 Å². The maximum Gasteiger partial charge on any atom is 0.191 e. The molecule has 25 heavy (non-hydrogen) atoms. The summed E-state index contributed by atoms with van der Waals surface area (Å²) in [4.78, 5) is 10.3. The van der Waals surface area contributed by atoms with Crippen molar-refractivity contribution in [3.05, 3.63) is 15.6 Å². The summed E-state index contributed by atoms with van der Waals surface area (Å²) in [6, 6.07) is 0.468. The zero-order valence-electron chi connectivity index (χ0n) is 16.0. The van der Waals surface area contributed by atoms with Gasteiger partial charge in [0.25, 0.3) is 0 Å². The molecule has 0 amide bonds. The predicted octanol–water partition coefficient (Wildman–Crippen LogP) is 3.55. The van der Waals surface area contributed by atoms with Gasteiger partial charge in [-0.3, -0.25) is 4.99 Å². The summed E-state index contributed by atoms with van der Waals surface area (Å²) in [6.45, 7) is 7.84. The van der Waals surface area contributed by atoms with Gasteiger partial charge >= 0.3 is 0 Å². The van der Waals surface area contributed by atoms with Crippen molar-refractivity contribution in [1.82, 2.24) is 15.6 Å². The number of rotatable bonds is 5. The fourth-order valence-corrected chi connectivity index (χ4v) is 5.27. The molecule has 1 heterocycles. The van der Waals surface area contributed by atoms with Crippen LogP contribution in [0, 0.1) is 19.3 Å². The van der Waals surface area contributed by atoms with Crippen LogP contribution in [0.3, 0.4) is 0 Å². The standard InChI is InChI=1S/C19H32N4OS/c1-5-24-16-11-15(19(16)9-7-6-8-10-19)23-18(20-4)21-12-17-22-13(2)14(3)25-17/h15-16H,5-12H2,1-4H3,(H2,20,21,23). The van der Waals surface area contributed by atoms with Gasteiger partial charge < -0.3 is 15.4 Å². The Morgan fingerprint density at radius 2 is 2.08 bits per heavy atom. The van der Waals surface area contributed by atoms with Gasteiger partial charge in [-0.2, -0.15) is 0 Å². The summed E-state index contributed by atoms with van der Waals surface area (Å²) in [7, 11) is 1.85. The van der Waals surface area contributed by atoms with E-state index in [1.807, 2.05) is 7.05 Å². The molecule has 5 nitrogen and oxygen atoms in total. The maximum absolute atomic E-state index is 6.05. The van der Waals surface area contributed by atoms with Crippen LogP contribution < -0.4 is 10.6 Å². The molecule has 0 aliphatic heterocycles. The minimum atomic E-state index is 0.306. The normalized spacial score (nSPS) is 25.7. The van der Waals surface area contributed by atoms with Gasteiger partial charge in [-0.25, -0.2) is 4.98 Å². The second-order valence-corrected chi connectivity index (χ2v) is 8.63. The van der Waals surface area contributed by atoms with Gasteiger partial charge in [0.05, 0.1) is 18.3 Å². The third kappa shape index (κ3) is 3.85. The number of aryl methyl sites for hydroxylation is 2. The highest BCUT2D eigenvalue weighted by molar-refractivity contribution is 7.11. The predicted molar refractivity (Wildman–Crippen MR) is 104 cm³/mol. The van der Waals surface area contributed by atoms with Crippen LogP contribution in [-0.2, 0) is 11.3 Å². The third-order valence-electron chi connectivity index (χ3n) is 5.95. The van der Waals surface area contributed by atoms with E-state index < -0.39 is 0 Å². The molecule has 0 aromatic carbocycles. The lowest BCUT2D eigenvalue weighted by atomic mass is 9.55. The number of hydrogen-bond acceptors (Lipinski definition) is 4. The van der Waals surface area contributed by atoms with E-state index in [-0.39, 0.29) is 0 Å². The highest BCUT2D eigenvalue weighted by Crippen LogP contribution is 2.53. The van der Waals surface area contributed by atoms with Crippen LogP contribution in [0.4, 0.5) is 0 Å². The number of nitrogens with zero attached hydrogens (tertiary/aromatic N) is 2. The second-order valence-electron chi connectivity index (χ2n) is 7.35. The smallest absolute Gasteiger partial charge is 0.191 e. The molecule has 2 saturated carbocycles. The van der Waals surface area contributed by atoms with E-state index in [2.05, 4.69) is 41.4 Å². The van der Waals surface area contributed by atoms with E-state index >= 15 is 0 Å².